The molecule has 76 valence electrons. The standard InChI is InChI=1S/C9H12N2O3/c12-8(13)9(1-3-14-4-2-9)7-5-10-6-11-7/h5-6H,1-4H2,(H,10,11)(H,12,13). The number of aromatic amines is 1. The largest absolute Gasteiger partial charge is 0.481 e. The van der Waals surface area contributed by atoms with E-state index in [4.69, 9.17) is 4.74 Å². The van der Waals surface area contributed by atoms with E-state index in [0.717, 1.165) is 0 Å². The molecule has 0 saturated carbocycles. The molecule has 2 rings (SSSR count). The van der Waals surface area contributed by atoms with Crippen molar-refractivity contribution in [3.8, 4) is 0 Å². The minimum absolute atomic E-state index is 0.491. The first-order valence-corrected chi connectivity index (χ1v) is 4.56. The number of carboxylic acids is 1. The van der Waals surface area contributed by atoms with Crippen molar-refractivity contribution in [1.82, 2.24) is 9.97 Å². The highest BCUT2D eigenvalue weighted by molar-refractivity contribution is 5.80. The van der Waals surface area contributed by atoms with Crippen LogP contribution in [-0.4, -0.2) is 34.3 Å². The zero-order valence-corrected chi connectivity index (χ0v) is 7.69. The van der Waals surface area contributed by atoms with Gasteiger partial charge in [-0.1, -0.05) is 0 Å². The van der Waals surface area contributed by atoms with Gasteiger partial charge in [-0.2, -0.15) is 0 Å². The molecule has 1 aromatic heterocycles. The SMILES string of the molecule is O=C(O)C1(c2cnc[nH]2)CCOCC1. The molecule has 0 amide bonds. The summed E-state index contributed by atoms with van der Waals surface area (Å²) < 4.78 is 5.18. The van der Waals surface area contributed by atoms with Gasteiger partial charge in [-0.15, -0.1) is 0 Å². The number of H-pyrrole nitrogens is 1. The van der Waals surface area contributed by atoms with Crippen molar-refractivity contribution in [2.45, 2.75) is 18.3 Å². The predicted octanol–water partition coefficient (Wildman–Crippen LogP) is 0.542. The molecule has 0 radical (unpaired) electrons. The lowest BCUT2D eigenvalue weighted by Gasteiger charge is -2.31. The highest BCUT2D eigenvalue weighted by Gasteiger charge is 2.43. The van der Waals surface area contributed by atoms with Gasteiger partial charge in [0, 0.05) is 19.4 Å². The second kappa shape index (κ2) is 3.42. The Morgan fingerprint density at radius 1 is 1.57 bits per heavy atom. The van der Waals surface area contributed by atoms with Crippen LogP contribution in [0.1, 0.15) is 18.5 Å². The molecule has 0 spiro atoms. The Balaban J connectivity index is 2.35. The maximum absolute atomic E-state index is 11.3. The zero-order chi connectivity index (χ0) is 10.0. The monoisotopic (exact) mass is 196 g/mol. The molecule has 0 atom stereocenters. The number of ether oxygens (including phenoxy) is 1. The van der Waals surface area contributed by atoms with Crippen molar-refractivity contribution in [2.75, 3.05) is 13.2 Å². The minimum atomic E-state index is -0.825. The number of imidazole rings is 1. The molecule has 1 saturated heterocycles. The average Bonchev–Trinajstić information content (AvgIpc) is 2.72. The third kappa shape index (κ3) is 1.29. The summed E-state index contributed by atoms with van der Waals surface area (Å²) >= 11 is 0. The highest BCUT2D eigenvalue weighted by Crippen LogP contribution is 2.33. The molecule has 0 aromatic carbocycles. The number of nitrogens with zero attached hydrogens (tertiary/aromatic N) is 1. The van der Waals surface area contributed by atoms with Crippen molar-refractivity contribution in [1.29, 1.82) is 0 Å². The maximum atomic E-state index is 11.3. The number of aliphatic carboxylic acids is 1. The van der Waals surface area contributed by atoms with Gasteiger partial charge >= 0.3 is 5.97 Å². The quantitative estimate of drug-likeness (QED) is 0.724. The number of aromatic nitrogens is 2. The van der Waals surface area contributed by atoms with Gasteiger partial charge in [-0.05, 0) is 12.8 Å². The van der Waals surface area contributed by atoms with Crippen molar-refractivity contribution in [2.24, 2.45) is 0 Å². The molecule has 1 aromatic rings. The normalized spacial score (nSPS) is 20.6. The van der Waals surface area contributed by atoms with Crippen molar-refractivity contribution >= 4 is 5.97 Å². The van der Waals surface area contributed by atoms with Crippen molar-refractivity contribution in [3.63, 3.8) is 0 Å². The van der Waals surface area contributed by atoms with Gasteiger partial charge in [-0.3, -0.25) is 4.79 Å². The van der Waals surface area contributed by atoms with Crippen LogP contribution < -0.4 is 0 Å². The molecule has 5 nitrogen and oxygen atoms in total. The summed E-state index contributed by atoms with van der Waals surface area (Å²) in [6.07, 6.45) is 4.10. The molecular weight excluding hydrogens is 184 g/mol. The predicted molar refractivity (Wildman–Crippen MR) is 48.0 cm³/mol. The third-order valence-electron chi connectivity index (χ3n) is 2.77. The molecule has 1 aliphatic rings. The Morgan fingerprint density at radius 3 is 2.79 bits per heavy atom. The number of hydrogen-bond acceptors (Lipinski definition) is 3. The Bertz CT molecular complexity index is 315. The van der Waals surface area contributed by atoms with Gasteiger partial charge in [0.2, 0.25) is 0 Å². The third-order valence-corrected chi connectivity index (χ3v) is 2.77. The van der Waals surface area contributed by atoms with Crippen LogP contribution in [0.4, 0.5) is 0 Å². The van der Waals surface area contributed by atoms with E-state index in [1.807, 2.05) is 0 Å². The fourth-order valence-corrected chi connectivity index (χ4v) is 1.84. The Labute approximate surface area is 81.1 Å². The summed E-state index contributed by atoms with van der Waals surface area (Å²) in [4.78, 5) is 18.0. The smallest absolute Gasteiger partial charge is 0.315 e. The van der Waals surface area contributed by atoms with Crippen LogP contribution >= 0.6 is 0 Å². The number of carbonyl (C=O) groups is 1. The molecule has 1 fully saturated rings. The Kier molecular flexibility index (Phi) is 2.25. The first kappa shape index (κ1) is 9.21. The van der Waals surface area contributed by atoms with E-state index in [2.05, 4.69) is 9.97 Å². The van der Waals surface area contributed by atoms with Gasteiger partial charge in [0.1, 0.15) is 5.41 Å². The number of nitrogens with one attached hydrogen (secondary N) is 1. The van der Waals surface area contributed by atoms with Gasteiger partial charge < -0.3 is 14.8 Å². The van der Waals surface area contributed by atoms with E-state index in [1.165, 1.54) is 6.33 Å². The molecule has 14 heavy (non-hydrogen) atoms. The van der Waals surface area contributed by atoms with Gasteiger partial charge in [-0.25, -0.2) is 4.98 Å². The highest BCUT2D eigenvalue weighted by atomic mass is 16.5. The first-order valence-electron chi connectivity index (χ1n) is 4.56. The van der Waals surface area contributed by atoms with Crippen LogP contribution in [-0.2, 0) is 14.9 Å². The van der Waals surface area contributed by atoms with Gasteiger partial charge in [0.25, 0.3) is 0 Å². The van der Waals surface area contributed by atoms with Crippen LogP contribution in [0.5, 0.6) is 0 Å². The van der Waals surface area contributed by atoms with E-state index in [9.17, 15) is 9.90 Å². The topological polar surface area (TPSA) is 75.2 Å². The molecule has 5 heteroatoms. The second-order valence-corrected chi connectivity index (χ2v) is 3.46. The molecular formula is C9H12N2O3. The summed E-state index contributed by atoms with van der Waals surface area (Å²) in [5.41, 5.74) is -0.150. The van der Waals surface area contributed by atoms with Crippen LogP contribution in [0.25, 0.3) is 0 Å². The van der Waals surface area contributed by atoms with E-state index < -0.39 is 11.4 Å². The lowest BCUT2D eigenvalue weighted by atomic mass is 9.78. The minimum Gasteiger partial charge on any atom is -0.481 e. The van der Waals surface area contributed by atoms with E-state index in [0.29, 0.717) is 31.7 Å². The number of hydrogen-bond donors (Lipinski definition) is 2. The summed E-state index contributed by atoms with van der Waals surface area (Å²) in [5, 5.41) is 9.26. The van der Waals surface area contributed by atoms with Crippen molar-refractivity contribution < 1.29 is 14.6 Å². The number of rotatable bonds is 2. The number of carboxylic acid groups (broad SMARTS) is 1. The lowest BCUT2D eigenvalue weighted by Crippen LogP contribution is -2.41. The van der Waals surface area contributed by atoms with E-state index in [-0.39, 0.29) is 0 Å². The second-order valence-electron chi connectivity index (χ2n) is 3.46. The summed E-state index contributed by atoms with van der Waals surface area (Å²) in [6, 6.07) is 0. The fraction of sp³-hybridized carbons (Fsp3) is 0.556. The summed E-state index contributed by atoms with van der Waals surface area (Å²) in [5.74, 6) is -0.801. The fourth-order valence-electron chi connectivity index (χ4n) is 1.84. The Morgan fingerprint density at radius 2 is 2.29 bits per heavy atom. The maximum Gasteiger partial charge on any atom is 0.315 e. The first-order chi connectivity index (χ1) is 6.76. The summed E-state index contributed by atoms with van der Waals surface area (Å²) in [6.45, 7) is 0.983. The Hall–Kier alpha value is -1.36. The van der Waals surface area contributed by atoms with Crippen LogP contribution in [0.2, 0.25) is 0 Å². The van der Waals surface area contributed by atoms with E-state index in [1.54, 1.807) is 6.20 Å². The van der Waals surface area contributed by atoms with Crippen molar-refractivity contribution in [3.05, 3.63) is 18.2 Å². The molecule has 2 heterocycles. The van der Waals surface area contributed by atoms with Crippen LogP contribution in [0.15, 0.2) is 12.5 Å². The van der Waals surface area contributed by atoms with Gasteiger partial charge in [0.05, 0.1) is 12.0 Å². The lowest BCUT2D eigenvalue weighted by molar-refractivity contribution is -0.148. The zero-order valence-electron chi connectivity index (χ0n) is 7.69. The molecule has 1 aliphatic heterocycles. The molecule has 2 N–H and O–H groups in total. The summed E-state index contributed by atoms with van der Waals surface area (Å²) in [7, 11) is 0. The van der Waals surface area contributed by atoms with Gasteiger partial charge in [0.15, 0.2) is 0 Å². The molecule has 0 aliphatic carbocycles. The van der Waals surface area contributed by atoms with E-state index >= 15 is 0 Å². The van der Waals surface area contributed by atoms with Crippen LogP contribution in [0, 0.1) is 0 Å². The molecule has 0 unspecified atom stereocenters. The van der Waals surface area contributed by atoms with Crippen LogP contribution in [0.3, 0.4) is 0 Å². The average molecular weight is 196 g/mol. The molecule has 0 bridgehead atoms.